The summed E-state index contributed by atoms with van der Waals surface area (Å²) in [6.07, 6.45) is 21.1. The van der Waals surface area contributed by atoms with E-state index in [0.29, 0.717) is 13.0 Å². The summed E-state index contributed by atoms with van der Waals surface area (Å²) in [6.45, 7) is 4.15. The van der Waals surface area contributed by atoms with Gasteiger partial charge in [-0.3, -0.25) is 13.8 Å². The zero-order chi connectivity index (χ0) is 39.2. The zero-order valence-electron chi connectivity index (χ0n) is 32.8. The fourth-order valence-electron chi connectivity index (χ4n) is 6.17. The minimum atomic E-state index is -5.01. The second kappa shape index (κ2) is 32.0. The van der Waals surface area contributed by atoms with Gasteiger partial charge in [-0.1, -0.05) is 122 Å². The molecule has 6 N–H and O–H groups in total. The lowest BCUT2D eigenvalue weighted by molar-refractivity contribution is -0.220. The number of hydrogen-bond donors (Lipinski definition) is 6. The Morgan fingerprint density at radius 3 is 1.57 bits per heavy atom. The lowest BCUT2D eigenvalue weighted by atomic mass is 9.85. The number of carbonyl (C=O) groups is 1. The van der Waals surface area contributed by atoms with Gasteiger partial charge in [0.25, 0.3) is 0 Å². The van der Waals surface area contributed by atoms with Gasteiger partial charge in [0, 0.05) is 13.0 Å². The summed E-state index contributed by atoms with van der Waals surface area (Å²) in [5.74, 6) is -0.489. The molecule has 13 heteroatoms. The number of phosphoric acid groups is 1. The fraction of sp³-hybridized carbons (Fsp3) is 0.875. The Balaban J connectivity index is 2.45. The van der Waals surface area contributed by atoms with Crippen molar-refractivity contribution in [2.45, 2.75) is 204 Å². The molecule has 0 aliphatic heterocycles. The number of aliphatic hydroxyl groups is 5. The molecule has 312 valence electrons. The van der Waals surface area contributed by atoms with Crippen molar-refractivity contribution in [3.63, 3.8) is 0 Å². The molecule has 0 aromatic heterocycles. The van der Waals surface area contributed by atoms with E-state index in [-0.39, 0.29) is 13.0 Å². The topological polar surface area (TPSA) is 192 Å². The minimum Gasteiger partial charge on any atom is -0.457 e. The predicted octanol–water partition coefficient (Wildman–Crippen LogP) is 7.36. The van der Waals surface area contributed by atoms with Crippen LogP contribution < -0.4 is 0 Å². The Bertz CT molecular complexity index is 979. The molecule has 1 aliphatic rings. The van der Waals surface area contributed by atoms with E-state index >= 15 is 0 Å². The van der Waals surface area contributed by atoms with E-state index in [1.165, 1.54) is 57.8 Å². The summed E-state index contributed by atoms with van der Waals surface area (Å²) in [5, 5.41) is 50.0. The van der Waals surface area contributed by atoms with Crippen molar-refractivity contribution in [2.75, 3.05) is 19.8 Å². The maximum atomic E-state index is 12.7. The van der Waals surface area contributed by atoms with Gasteiger partial charge in [-0.25, -0.2) is 4.57 Å². The standard InChI is InChI=1S/C40H75O12P/c1-3-5-7-9-11-13-15-16-17-18-19-21-23-25-27-29-34(41)51-33(31-49-30-28-26-24-22-20-14-12-10-8-6-4-2)32-50-53(47,48)52-40-38(45)36(43)35(42)37(44)39(40)46/h8,10,16-17,33,35-40,42-46H,3-7,9,11-15,18-32H2,1-2H3,(H,47,48)/b10-8-,17-16-. The van der Waals surface area contributed by atoms with E-state index in [0.717, 1.165) is 77.0 Å². The van der Waals surface area contributed by atoms with Crippen molar-refractivity contribution in [3.8, 4) is 0 Å². The van der Waals surface area contributed by atoms with Crippen molar-refractivity contribution >= 4 is 13.8 Å². The molecule has 0 bridgehead atoms. The maximum absolute atomic E-state index is 12.7. The number of esters is 1. The molecule has 0 aromatic carbocycles. The van der Waals surface area contributed by atoms with Gasteiger partial charge in [0.2, 0.25) is 0 Å². The highest BCUT2D eigenvalue weighted by molar-refractivity contribution is 7.47. The molecule has 0 radical (unpaired) electrons. The molecular weight excluding hydrogens is 703 g/mol. The first-order chi connectivity index (χ1) is 25.5. The Hall–Kier alpha value is -1.18. The summed E-state index contributed by atoms with van der Waals surface area (Å²) >= 11 is 0. The van der Waals surface area contributed by atoms with Crippen LogP contribution in [-0.4, -0.2) is 98.9 Å². The van der Waals surface area contributed by atoms with Gasteiger partial charge in [-0.2, -0.15) is 0 Å². The molecule has 6 unspecified atom stereocenters. The molecule has 12 nitrogen and oxygen atoms in total. The van der Waals surface area contributed by atoms with Crippen molar-refractivity contribution in [1.82, 2.24) is 0 Å². The van der Waals surface area contributed by atoms with Crippen molar-refractivity contribution < 1.29 is 58.3 Å². The highest BCUT2D eigenvalue weighted by Gasteiger charge is 2.51. The summed E-state index contributed by atoms with van der Waals surface area (Å²) in [6, 6.07) is 0. The number of unbranched alkanes of at least 4 members (excludes halogenated alkanes) is 18. The molecule has 0 spiro atoms. The number of hydrogen-bond acceptors (Lipinski definition) is 11. The average Bonchev–Trinajstić information content (AvgIpc) is 3.14. The summed E-state index contributed by atoms with van der Waals surface area (Å²) < 4.78 is 34.0. The molecule has 0 heterocycles. The highest BCUT2D eigenvalue weighted by Crippen LogP contribution is 2.47. The fourth-order valence-corrected chi connectivity index (χ4v) is 7.15. The molecule has 0 amide bonds. The Morgan fingerprint density at radius 2 is 1.04 bits per heavy atom. The first-order valence-corrected chi connectivity index (χ1v) is 22.2. The Labute approximate surface area is 320 Å². The second-order valence-electron chi connectivity index (χ2n) is 14.5. The van der Waals surface area contributed by atoms with Crippen LogP contribution in [0.1, 0.15) is 162 Å². The third-order valence-corrected chi connectivity index (χ3v) is 10.5. The van der Waals surface area contributed by atoms with E-state index in [1.807, 2.05) is 0 Å². The largest absolute Gasteiger partial charge is 0.472 e. The normalized spacial score (nSPS) is 23.8. The number of ether oxygens (including phenoxy) is 2. The molecule has 1 fully saturated rings. The monoisotopic (exact) mass is 778 g/mol. The van der Waals surface area contributed by atoms with Gasteiger partial charge in [-0.15, -0.1) is 0 Å². The lowest BCUT2D eigenvalue weighted by Crippen LogP contribution is -2.64. The van der Waals surface area contributed by atoms with Gasteiger partial charge >= 0.3 is 13.8 Å². The SMILES string of the molecule is CCC/C=C\CCCCCCCCOCC(COP(=O)(O)OC1C(O)C(O)C(O)C(O)C1O)OC(=O)CCCCCCC/C=C\CCCCCCCC. The Kier molecular flexibility index (Phi) is 30.1. The van der Waals surface area contributed by atoms with Gasteiger partial charge in [-0.05, 0) is 57.8 Å². The summed E-state index contributed by atoms with van der Waals surface area (Å²) in [4.78, 5) is 23.0. The van der Waals surface area contributed by atoms with Crippen molar-refractivity contribution in [1.29, 1.82) is 0 Å². The number of allylic oxidation sites excluding steroid dienone is 4. The second-order valence-corrected chi connectivity index (χ2v) is 15.9. The van der Waals surface area contributed by atoms with Crippen molar-refractivity contribution in [2.24, 2.45) is 0 Å². The number of aliphatic hydroxyl groups excluding tert-OH is 5. The van der Waals surface area contributed by atoms with E-state index in [2.05, 4.69) is 38.2 Å². The minimum absolute atomic E-state index is 0.0828. The van der Waals surface area contributed by atoms with Crippen LogP contribution >= 0.6 is 7.82 Å². The van der Waals surface area contributed by atoms with Crippen LogP contribution in [0.15, 0.2) is 24.3 Å². The molecule has 1 rings (SSSR count). The quantitative estimate of drug-likeness (QED) is 0.0165. The van der Waals surface area contributed by atoms with Crippen LogP contribution in [-0.2, 0) is 27.9 Å². The molecule has 53 heavy (non-hydrogen) atoms. The van der Waals surface area contributed by atoms with E-state index in [4.69, 9.17) is 18.5 Å². The first-order valence-electron chi connectivity index (χ1n) is 20.7. The third-order valence-electron chi connectivity index (χ3n) is 9.53. The molecule has 6 atom stereocenters. The predicted molar refractivity (Wildman–Crippen MR) is 207 cm³/mol. The molecular formula is C40H75O12P. The Morgan fingerprint density at radius 1 is 0.585 bits per heavy atom. The van der Waals surface area contributed by atoms with Gasteiger partial charge in [0.15, 0.2) is 0 Å². The van der Waals surface area contributed by atoms with Crippen LogP contribution in [0.25, 0.3) is 0 Å². The first kappa shape index (κ1) is 49.8. The molecule has 1 saturated carbocycles. The lowest BCUT2D eigenvalue weighted by Gasteiger charge is -2.41. The van der Waals surface area contributed by atoms with E-state index < -0.39 is 63.1 Å². The van der Waals surface area contributed by atoms with E-state index in [9.17, 15) is 39.8 Å². The number of carbonyl (C=O) groups excluding carboxylic acids is 1. The molecule has 1 aliphatic carbocycles. The zero-order valence-corrected chi connectivity index (χ0v) is 33.7. The maximum Gasteiger partial charge on any atom is 0.472 e. The summed E-state index contributed by atoms with van der Waals surface area (Å²) in [7, 11) is -5.01. The summed E-state index contributed by atoms with van der Waals surface area (Å²) in [5.41, 5.74) is 0. The molecule has 0 saturated heterocycles. The van der Waals surface area contributed by atoms with Crippen LogP contribution in [0, 0.1) is 0 Å². The van der Waals surface area contributed by atoms with Gasteiger partial charge in [0.1, 0.15) is 42.7 Å². The van der Waals surface area contributed by atoms with Crippen molar-refractivity contribution in [3.05, 3.63) is 24.3 Å². The van der Waals surface area contributed by atoms with Gasteiger partial charge < -0.3 is 39.9 Å². The number of phosphoric ester groups is 1. The van der Waals surface area contributed by atoms with Crippen LogP contribution in [0.2, 0.25) is 0 Å². The van der Waals surface area contributed by atoms with E-state index in [1.54, 1.807) is 0 Å². The van der Waals surface area contributed by atoms with Gasteiger partial charge in [0.05, 0.1) is 13.2 Å². The average molecular weight is 779 g/mol. The third kappa shape index (κ3) is 24.8. The number of rotatable bonds is 34. The molecule has 0 aromatic rings. The van der Waals surface area contributed by atoms with Crippen LogP contribution in [0.3, 0.4) is 0 Å². The smallest absolute Gasteiger partial charge is 0.457 e. The van der Waals surface area contributed by atoms with Crippen LogP contribution in [0.5, 0.6) is 0 Å². The highest BCUT2D eigenvalue weighted by atomic mass is 31.2. The van der Waals surface area contributed by atoms with Crippen LogP contribution in [0.4, 0.5) is 0 Å².